The van der Waals surface area contributed by atoms with Crippen molar-refractivity contribution in [1.82, 2.24) is 10.2 Å². The Morgan fingerprint density at radius 3 is 2.31 bits per heavy atom. The second kappa shape index (κ2) is 11.6. The van der Waals surface area contributed by atoms with Crippen molar-refractivity contribution in [3.05, 3.63) is 68.1 Å². The number of rotatable bonds is 9. The summed E-state index contributed by atoms with van der Waals surface area (Å²) < 4.78 is 0.951. The van der Waals surface area contributed by atoms with Crippen LogP contribution >= 0.6 is 39.1 Å². The first-order valence-corrected chi connectivity index (χ1v) is 11.1. The van der Waals surface area contributed by atoms with Crippen molar-refractivity contribution in [2.24, 2.45) is 0 Å². The first kappa shape index (κ1) is 23.7. The molecule has 29 heavy (non-hydrogen) atoms. The maximum absolute atomic E-state index is 13.2. The Balaban J connectivity index is 2.23. The third-order valence-corrected chi connectivity index (χ3v) is 5.89. The zero-order chi connectivity index (χ0) is 21.4. The van der Waals surface area contributed by atoms with Gasteiger partial charge >= 0.3 is 0 Å². The summed E-state index contributed by atoms with van der Waals surface area (Å²) in [5, 5.41) is 3.79. The molecule has 1 unspecified atom stereocenters. The second-order valence-electron chi connectivity index (χ2n) is 6.85. The van der Waals surface area contributed by atoms with Gasteiger partial charge in [0.2, 0.25) is 11.8 Å². The van der Waals surface area contributed by atoms with Gasteiger partial charge in [-0.3, -0.25) is 9.59 Å². The Hall–Kier alpha value is -1.56. The molecule has 0 aliphatic heterocycles. The number of amides is 2. The number of benzene rings is 2. The van der Waals surface area contributed by atoms with Crippen molar-refractivity contribution in [2.75, 3.05) is 6.54 Å². The summed E-state index contributed by atoms with van der Waals surface area (Å²) in [4.78, 5) is 27.4. The van der Waals surface area contributed by atoms with Crippen LogP contribution in [0.4, 0.5) is 0 Å². The van der Waals surface area contributed by atoms with Gasteiger partial charge in [-0.05, 0) is 48.7 Å². The number of carbonyl (C=O) groups excluding carboxylic acids is 2. The summed E-state index contributed by atoms with van der Waals surface area (Å²) in [5.74, 6) is -0.379. The first-order chi connectivity index (χ1) is 13.8. The SMILES string of the molecule is CCCCNC(=O)C(C)N(Cc1ccc(Br)cc1)C(=O)Cc1c(Cl)cccc1Cl. The van der Waals surface area contributed by atoms with Gasteiger partial charge in [0.25, 0.3) is 0 Å². The minimum absolute atomic E-state index is 0.0294. The van der Waals surface area contributed by atoms with Crippen LogP contribution in [-0.4, -0.2) is 29.3 Å². The van der Waals surface area contributed by atoms with Gasteiger partial charge in [0.15, 0.2) is 0 Å². The molecule has 0 spiro atoms. The molecule has 2 amide bonds. The second-order valence-corrected chi connectivity index (χ2v) is 8.58. The molecule has 2 rings (SSSR count). The lowest BCUT2D eigenvalue weighted by atomic mass is 10.1. The van der Waals surface area contributed by atoms with E-state index in [1.54, 1.807) is 30.0 Å². The number of hydrogen-bond donors (Lipinski definition) is 1. The smallest absolute Gasteiger partial charge is 0.242 e. The van der Waals surface area contributed by atoms with Crippen LogP contribution in [0.3, 0.4) is 0 Å². The van der Waals surface area contributed by atoms with Gasteiger partial charge < -0.3 is 10.2 Å². The Morgan fingerprint density at radius 1 is 1.10 bits per heavy atom. The van der Waals surface area contributed by atoms with Gasteiger partial charge in [-0.25, -0.2) is 0 Å². The fourth-order valence-electron chi connectivity index (χ4n) is 2.86. The Morgan fingerprint density at radius 2 is 1.72 bits per heavy atom. The molecule has 1 N–H and O–H groups in total. The Labute approximate surface area is 190 Å². The number of nitrogens with one attached hydrogen (secondary N) is 1. The first-order valence-electron chi connectivity index (χ1n) is 9.58. The predicted molar refractivity (Wildman–Crippen MR) is 122 cm³/mol. The number of halogens is 3. The van der Waals surface area contributed by atoms with E-state index in [4.69, 9.17) is 23.2 Å². The van der Waals surface area contributed by atoms with Crippen molar-refractivity contribution in [2.45, 2.75) is 45.7 Å². The van der Waals surface area contributed by atoms with Crippen molar-refractivity contribution in [1.29, 1.82) is 0 Å². The fourth-order valence-corrected chi connectivity index (χ4v) is 3.65. The molecule has 0 aliphatic carbocycles. The Kier molecular flexibility index (Phi) is 9.47. The van der Waals surface area contributed by atoms with Gasteiger partial charge in [0.1, 0.15) is 6.04 Å². The molecule has 2 aromatic carbocycles. The molecule has 0 bridgehead atoms. The van der Waals surface area contributed by atoms with Gasteiger partial charge in [-0.15, -0.1) is 0 Å². The van der Waals surface area contributed by atoms with Crippen molar-refractivity contribution < 1.29 is 9.59 Å². The van der Waals surface area contributed by atoms with Crippen molar-refractivity contribution >= 4 is 50.9 Å². The lowest BCUT2D eigenvalue weighted by molar-refractivity contribution is -0.140. The predicted octanol–water partition coefficient (Wildman–Crippen LogP) is 5.63. The molecule has 4 nitrogen and oxygen atoms in total. The maximum atomic E-state index is 13.2. The van der Waals surface area contributed by atoms with E-state index in [0.717, 1.165) is 22.9 Å². The minimum Gasteiger partial charge on any atom is -0.354 e. The molecular weight excluding hydrogens is 475 g/mol. The molecule has 0 heterocycles. The summed E-state index contributed by atoms with van der Waals surface area (Å²) in [7, 11) is 0. The zero-order valence-electron chi connectivity index (χ0n) is 16.6. The van der Waals surface area contributed by atoms with E-state index >= 15 is 0 Å². The van der Waals surface area contributed by atoms with Gasteiger partial charge in [0.05, 0.1) is 6.42 Å². The van der Waals surface area contributed by atoms with Gasteiger partial charge in [-0.1, -0.05) is 70.7 Å². The molecular formula is C22H25BrCl2N2O2. The Bertz CT molecular complexity index is 823. The van der Waals surface area contributed by atoms with Gasteiger partial charge in [-0.2, -0.15) is 0 Å². The summed E-state index contributed by atoms with van der Waals surface area (Å²) in [6, 6.07) is 12.2. The van der Waals surface area contributed by atoms with Crippen LogP contribution in [0.2, 0.25) is 10.0 Å². The highest BCUT2D eigenvalue weighted by molar-refractivity contribution is 9.10. The van der Waals surface area contributed by atoms with E-state index in [0.29, 0.717) is 28.7 Å². The van der Waals surface area contributed by atoms with Crippen molar-refractivity contribution in [3.63, 3.8) is 0 Å². The molecule has 0 radical (unpaired) electrons. The summed E-state index contributed by atoms with van der Waals surface area (Å²) in [6.45, 7) is 4.71. The van der Waals surface area contributed by atoms with Crippen LogP contribution in [0.15, 0.2) is 46.9 Å². The third-order valence-electron chi connectivity index (χ3n) is 4.65. The highest BCUT2D eigenvalue weighted by Gasteiger charge is 2.27. The molecule has 156 valence electrons. The molecule has 0 saturated carbocycles. The van der Waals surface area contributed by atoms with Crippen LogP contribution in [-0.2, 0) is 22.6 Å². The maximum Gasteiger partial charge on any atom is 0.242 e. The lowest BCUT2D eigenvalue weighted by Crippen LogP contribution is -2.48. The van der Waals surface area contributed by atoms with Crippen molar-refractivity contribution in [3.8, 4) is 0 Å². The molecule has 0 saturated heterocycles. The molecule has 1 atom stereocenters. The molecule has 0 fully saturated rings. The molecule has 0 aliphatic rings. The summed E-state index contributed by atoms with van der Waals surface area (Å²) >= 11 is 15.9. The van der Waals surface area contributed by atoms with E-state index in [9.17, 15) is 9.59 Å². The number of nitrogens with zero attached hydrogens (tertiary/aromatic N) is 1. The van der Waals surface area contributed by atoms with Crippen LogP contribution in [0.5, 0.6) is 0 Å². The third kappa shape index (κ3) is 7.02. The quantitative estimate of drug-likeness (QED) is 0.454. The van der Waals surface area contributed by atoms with Crippen LogP contribution in [0.1, 0.15) is 37.8 Å². The topological polar surface area (TPSA) is 49.4 Å². The van der Waals surface area contributed by atoms with Crippen LogP contribution < -0.4 is 5.32 Å². The normalized spacial score (nSPS) is 11.8. The molecule has 7 heteroatoms. The van der Waals surface area contributed by atoms with E-state index in [1.807, 2.05) is 24.3 Å². The van der Waals surface area contributed by atoms with Crippen LogP contribution in [0.25, 0.3) is 0 Å². The molecule has 0 aromatic heterocycles. The number of unbranched alkanes of at least 4 members (excludes halogenated alkanes) is 1. The average molecular weight is 500 g/mol. The summed E-state index contributed by atoms with van der Waals surface area (Å²) in [5.41, 5.74) is 1.50. The van der Waals surface area contributed by atoms with Gasteiger partial charge in [0, 0.05) is 27.6 Å². The monoisotopic (exact) mass is 498 g/mol. The van der Waals surface area contributed by atoms with E-state index in [1.165, 1.54) is 0 Å². The summed E-state index contributed by atoms with van der Waals surface area (Å²) in [6.07, 6.45) is 1.91. The minimum atomic E-state index is -0.621. The molecule has 2 aromatic rings. The highest BCUT2D eigenvalue weighted by atomic mass is 79.9. The van der Waals surface area contributed by atoms with E-state index in [2.05, 4.69) is 28.2 Å². The average Bonchev–Trinajstić information content (AvgIpc) is 2.70. The number of hydrogen-bond acceptors (Lipinski definition) is 2. The standard InChI is InChI=1S/C22H25BrCl2N2O2/c1-3-4-12-26-22(29)15(2)27(14-16-8-10-17(23)11-9-16)21(28)13-18-19(24)6-5-7-20(18)25/h5-11,15H,3-4,12-14H2,1-2H3,(H,26,29). The number of carbonyl (C=O) groups is 2. The van der Waals surface area contributed by atoms with Crippen LogP contribution in [0, 0.1) is 0 Å². The largest absolute Gasteiger partial charge is 0.354 e. The van der Waals surface area contributed by atoms with E-state index < -0.39 is 6.04 Å². The highest BCUT2D eigenvalue weighted by Crippen LogP contribution is 2.26. The van der Waals surface area contributed by atoms with E-state index in [-0.39, 0.29) is 18.2 Å². The fraction of sp³-hybridized carbons (Fsp3) is 0.364. The lowest BCUT2D eigenvalue weighted by Gasteiger charge is -2.29. The zero-order valence-corrected chi connectivity index (χ0v) is 19.6.